The van der Waals surface area contributed by atoms with Crippen LogP contribution in [0.15, 0.2) is 40.8 Å². The van der Waals surface area contributed by atoms with Gasteiger partial charge >= 0.3 is 5.97 Å². The summed E-state index contributed by atoms with van der Waals surface area (Å²) in [5.41, 5.74) is 7.40. The Balaban J connectivity index is 1.79. The standard InChI is InChI=1S/C21H30N4O5S/c1-13-5-7-17(8-6-13)31(29,30)24-16-4-3-9-25(12-16)19-11-15(21(27)28)10-18(22)20(19)23-14(2)26/h5-8,11,16,18-20,24H,3-4,9-10,12,22H2,1-2H3,(H,23,26)(H,27,28)/t16-,18-,19+,20+/m0/s1. The van der Waals surface area contributed by atoms with E-state index < -0.39 is 34.1 Å². The van der Waals surface area contributed by atoms with Gasteiger partial charge in [-0.25, -0.2) is 17.9 Å². The minimum Gasteiger partial charge on any atom is -0.478 e. The second kappa shape index (κ2) is 9.47. The lowest BCUT2D eigenvalue weighted by Gasteiger charge is -2.44. The fourth-order valence-corrected chi connectivity index (χ4v) is 5.57. The first kappa shape index (κ1) is 23.4. The van der Waals surface area contributed by atoms with Gasteiger partial charge in [0.2, 0.25) is 15.9 Å². The quantitative estimate of drug-likeness (QED) is 0.490. The van der Waals surface area contributed by atoms with Crippen LogP contribution in [-0.4, -0.2) is 67.6 Å². The third-order valence-electron chi connectivity index (χ3n) is 5.83. The van der Waals surface area contributed by atoms with E-state index in [0.29, 0.717) is 19.5 Å². The third kappa shape index (κ3) is 5.70. The van der Waals surface area contributed by atoms with E-state index in [2.05, 4.69) is 10.0 Å². The van der Waals surface area contributed by atoms with Crippen molar-refractivity contribution in [1.82, 2.24) is 14.9 Å². The van der Waals surface area contributed by atoms with Crippen LogP contribution in [0.5, 0.6) is 0 Å². The Kier molecular flexibility index (Phi) is 7.15. The molecular formula is C21H30N4O5S. The molecule has 0 aromatic heterocycles. The maximum Gasteiger partial charge on any atom is 0.331 e. The van der Waals surface area contributed by atoms with Gasteiger partial charge in [-0.3, -0.25) is 9.69 Å². The zero-order chi connectivity index (χ0) is 22.8. The summed E-state index contributed by atoms with van der Waals surface area (Å²) in [5, 5.41) is 12.3. The minimum absolute atomic E-state index is 0.161. The number of nitrogens with one attached hydrogen (secondary N) is 2. The molecule has 4 atom stereocenters. The molecule has 1 aliphatic heterocycles. The van der Waals surface area contributed by atoms with Crippen molar-refractivity contribution in [2.45, 2.75) is 62.2 Å². The number of carboxylic acid groups (broad SMARTS) is 1. The summed E-state index contributed by atoms with van der Waals surface area (Å²) < 4.78 is 28.4. The predicted octanol–water partition coefficient (Wildman–Crippen LogP) is 0.353. The number of carboxylic acids is 1. The van der Waals surface area contributed by atoms with Crippen LogP contribution in [0.3, 0.4) is 0 Å². The fraction of sp³-hybridized carbons (Fsp3) is 0.524. The number of piperidine rings is 1. The van der Waals surface area contributed by atoms with Gasteiger partial charge < -0.3 is 16.2 Å². The van der Waals surface area contributed by atoms with Gasteiger partial charge in [0.15, 0.2) is 0 Å². The average molecular weight is 451 g/mol. The predicted molar refractivity (Wildman–Crippen MR) is 116 cm³/mol. The van der Waals surface area contributed by atoms with E-state index in [4.69, 9.17) is 5.73 Å². The summed E-state index contributed by atoms with van der Waals surface area (Å²) in [6.45, 7) is 4.33. The number of aryl methyl sites for hydroxylation is 1. The molecule has 31 heavy (non-hydrogen) atoms. The van der Waals surface area contributed by atoms with Crippen LogP contribution < -0.4 is 15.8 Å². The number of sulfonamides is 1. The van der Waals surface area contributed by atoms with Crippen LogP contribution in [0.2, 0.25) is 0 Å². The van der Waals surface area contributed by atoms with Crippen LogP contribution in [0.25, 0.3) is 0 Å². The summed E-state index contributed by atoms with van der Waals surface area (Å²) in [4.78, 5) is 25.5. The van der Waals surface area contributed by atoms with Crippen molar-refractivity contribution in [2.24, 2.45) is 5.73 Å². The van der Waals surface area contributed by atoms with Crippen molar-refractivity contribution in [3.8, 4) is 0 Å². The van der Waals surface area contributed by atoms with Crippen molar-refractivity contribution >= 4 is 21.9 Å². The van der Waals surface area contributed by atoms with E-state index in [1.807, 2.05) is 11.8 Å². The van der Waals surface area contributed by atoms with Crippen LogP contribution >= 0.6 is 0 Å². The number of aliphatic carboxylic acids is 1. The Morgan fingerprint density at radius 1 is 1.23 bits per heavy atom. The SMILES string of the molecule is CC(=O)N[C@H]1[C@H](N2CCC[C@H](NS(=O)(=O)c3ccc(C)cc3)C2)C=C(C(=O)O)C[C@@H]1N. The first-order valence-electron chi connectivity index (χ1n) is 10.4. The van der Waals surface area contributed by atoms with Crippen LogP contribution in [-0.2, 0) is 19.6 Å². The molecule has 0 bridgehead atoms. The van der Waals surface area contributed by atoms with Gasteiger partial charge in [-0.15, -0.1) is 0 Å². The van der Waals surface area contributed by atoms with Crippen LogP contribution in [0.1, 0.15) is 31.7 Å². The van der Waals surface area contributed by atoms with Crippen molar-refractivity contribution in [1.29, 1.82) is 0 Å². The van der Waals surface area contributed by atoms with Crippen LogP contribution in [0.4, 0.5) is 0 Å². The number of carbonyl (C=O) groups excluding carboxylic acids is 1. The molecule has 2 aliphatic rings. The molecule has 0 saturated carbocycles. The van der Waals surface area contributed by atoms with Crippen molar-refractivity contribution in [2.75, 3.05) is 13.1 Å². The smallest absolute Gasteiger partial charge is 0.331 e. The zero-order valence-electron chi connectivity index (χ0n) is 17.7. The van der Waals surface area contributed by atoms with Gasteiger partial charge in [0.05, 0.1) is 17.0 Å². The normalized spacial score (nSPS) is 27.4. The van der Waals surface area contributed by atoms with Crippen molar-refractivity contribution in [3.05, 3.63) is 41.5 Å². The molecule has 170 valence electrons. The van der Waals surface area contributed by atoms with Crippen LogP contribution in [0, 0.1) is 6.92 Å². The Hall–Kier alpha value is -2.27. The molecule has 1 aromatic rings. The molecule has 0 spiro atoms. The lowest BCUT2D eigenvalue weighted by molar-refractivity contribution is -0.133. The van der Waals surface area contributed by atoms with E-state index in [9.17, 15) is 23.1 Å². The van der Waals surface area contributed by atoms with E-state index in [1.54, 1.807) is 30.3 Å². The molecule has 0 unspecified atom stereocenters. The molecule has 1 saturated heterocycles. The number of nitrogens with two attached hydrogens (primary N) is 1. The largest absolute Gasteiger partial charge is 0.478 e. The summed E-state index contributed by atoms with van der Waals surface area (Å²) in [6, 6.07) is 4.90. The van der Waals surface area contributed by atoms with Gasteiger partial charge in [-0.2, -0.15) is 0 Å². The van der Waals surface area contributed by atoms with Crippen molar-refractivity contribution in [3.63, 3.8) is 0 Å². The maximum atomic E-state index is 12.8. The molecule has 3 rings (SSSR count). The summed E-state index contributed by atoms with van der Waals surface area (Å²) in [6.07, 6.45) is 3.20. The Labute approximate surface area is 182 Å². The van der Waals surface area contributed by atoms with E-state index in [-0.39, 0.29) is 28.8 Å². The molecule has 5 N–H and O–H groups in total. The minimum atomic E-state index is -3.68. The molecular weight excluding hydrogens is 420 g/mol. The number of carbonyl (C=O) groups is 2. The number of nitrogens with zero attached hydrogens (tertiary/aromatic N) is 1. The molecule has 1 fully saturated rings. The number of amides is 1. The van der Waals surface area contributed by atoms with Gasteiger partial charge in [-0.1, -0.05) is 23.8 Å². The molecule has 0 radical (unpaired) electrons. The number of likely N-dealkylation sites (tertiary alicyclic amines) is 1. The first-order valence-corrected chi connectivity index (χ1v) is 11.8. The molecule has 1 heterocycles. The average Bonchev–Trinajstić information content (AvgIpc) is 2.69. The summed E-state index contributed by atoms with van der Waals surface area (Å²) >= 11 is 0. The molecule has 1 aliphatic carbocycles. The molecule has 9 nitrogen and oxygen atoms in total. The van der Waals surface area contributed by atoms with E-state index in [0.717, 1.165) is 12.0 Å². The van der Waals surface area contributed by atoms with E-state index in [1.165, 1.54) is 6.92 Å². The highest BCUT2D eigenvalue weighted by atomic mass is 32.2. The van der Waals surface area contributed by atoms with E-state index >= 15 is 0 Å². The molecule has 1 amide bonds. The number of benzene rings is 1. The highest BCUT2D eigenvalue weighted by molar-refractivity contribution is 7.89. The Morgan fingerprint density at radius 2 is 1.90 bits per heavy atom. The van der Waals surface area contributed by atoms with Crippen molar-refractivity contribution < 1.29 is 23.1 Å². The highest BCUT2D eigenvalue weighted by Crippen LogP contribution is 2.26. The Morgan fingerprint density at radius 3 is 2.52 bits per heavy atom. The topological polar surface area (TPSA) is 142 Å². The lowest BCUT2D eigenvalue weighted by atomic mass is 9.85. The second-order valence-electron chi connectivity index (χ2n) is 8.35. The summed E-state index contributed by atoms with van der Waals surface area (Å²) in [5.74, 6) is -1.28. The second-order valence-corrected chi connectivity index (χ2v) is 10.1. The van der Waals surface area contributed by atoms with Gasteiger partial charge in [-0.05, 0) is 44.9 Å². The summed E-state index contributed by atoms with van der Waals surface area (Å²) in [7, 11) is -3.68. The van der Waals surface area contributed by atoms with Gasteiger partial charge in [0, 0.05) is 31.1 Å². The first-order chi connectivity index (χ1) is 14.6. The molecule has 1 aromatic carbocycles. The Bertz CT molecular complexity index is 960. The maximum absolute atomic E-state index is 12.8. The number of hydrogen-bond acceptors (Lipinski definition) is 6. The monoisotopic (exact) mass is 450 g/mol. The van der Waals surface area contributed by atoms with Gasteiger partial charge in [0.1, 0.15) is 0 Å². The third-order valence-corrected chi connectivity index (χ3v) is 7.37. The van der Waals surface area contributed by atoms with Gasteiger partial charge in [0.25, 0.3) is 0 Å². The number of rotatable bonds is 6. The number of hydrogen-bond donors (Lipinski definition) is 4. The fourth-order valence-electron chi connectivity index (χ4n) is 4.31. The highest BCUT2D eigenvalue weighted by Gasteiger charge is 2.39. The lowest BCUT2D eigenvalue weighted by Crippen LogP contribution is -2.63. The zero-order valence-corrected chi connectivity index (χ0v) is 18.6. The molecule has 10 heteroatoms.